The van der Waals surface area contributed by atoms with Gasteiger partial charge in [0.25, 0.3) is 0 Å². The summed E-state index contributed by atoms with van der Waals surface area (Å²) >= 11 is 0. The number of rotatable bonds is 26. The highest BCUT2D eigenvalue weighted by Gasteiger charge is 2.41. The van der Waals surface area contributed by atoms with Crippen LogP contribution in [0.5, 0.6) is 0 Å². The third kappa shape index (κ3) is 16.6. The number of likely N-dealkylation sites (tertiary alicyclic amines) is 1. The van der Waals surface area contributed by atoms with Gasteiger partial charge in [-0.15, -0.1) is 0 Å². The van der Waals surface area contributed by atoms with Crippen LogP contribution in [0.4, 0.5) is 11.4 Å². The molecule has 0 unspecified atom stereocenters. The molecule has 2 aromatic rings. The highest BCUT2D eigenvalue weighted by Crippen LogP contribution is 2.35. The number of aliphatic hydroxyl groups excluding tert-OH is 1. The van der Waals surface area contributed by atoms with Crippen molar-refractivity contribution in [1.29, 1.82) is 0 Å². The van der Waals surface area contributed by atoms with Crippen LogP contribution in [0, 0.1) is 11.8 Å². The maximum Gasteiger partial charge on any atom is 0.305 e. The Kier molecular flexibility index (Phi) is 21.8. The first kappa shape index (κ1) is 60.7. The third-order valence-electron chi connectivity index (χ3n) is 12.2. The zero-order valence-corrected chi connectivity index (χ0v) is 42.7. The smallest absolute Gasteiger partial charge is 0.305 e. The first-order valence-corrected chi connectivity index (χ1v) is 24.3. The van der Waals surface area contributed by atoms with Crippen molar-refractivity contribution in [2.24, 2.45) is 11.8 Å². The van der Waals surface area contributed by atoms with Crippen LogP contribution in [0.15, 0.2) is 36.4 Å². The Morgan fingerprint density at radius 1 is 0.636 bits per heavy atom. The molecule has 0 radical (unpaired) electrons. The SMILES string of the molecule is CC(=O)N[C@@H](CC(=O)O)C(=O)N[C@@H](CCC(=O)O)C(=O)N[C@H](C(=O)N[C@H](C(=O)N1CCC[C@H]1C(=O)NCC(=O)N[C@@H](CO)C(=O)NCC(=O)NCC(=O)Nc1ccc(N)c2c1C(=O)c1ccccc1C2=O)C(C)C)C(C)C. The van der Waals surface area contributed by atoms with Crippen molar-refractivity contribution in [3.05, 3.63) is 58.7 Å². The van der Waals surface area contributed by atoms with E-state index in [9.17, 15) is 82.4 Å². The number of amides is 10. The molecule has 2 aliphatic rings. The van der Waals surface area contributed by atoms with Crippen LogP contribution in [0.25, 0.3) is 0 Å². The van der Waals surface area contributed by atoms with Crippen molar-refractivity contribution in [2.45, 2.75) is 103 Å². The number of hydrogen-bond donors (Lipinski definition) is 13. The fraction of sp³-hybridized carbons (Fsp3) is 0.469. The van der Waals surface area contributed by atoms with Gasteiger partial charge in [0.2, 0.25) is 59.1 Å². The van der Waals surface area contributed by atoms with Crippen molar-refractivity contribution in [1.82, 2.24) is 47.4 Å². The van der Waals surface area contributed by atoms with E-state index in [0.717, 1.165) is 6.92 Å². The van der Waals surface area contributed by atoms with E-state index >= 15 is 0 Å². The highest BCUT2D eigenvalue weighted by atomic mass is 16.4. The first-order chi connectivity index (χ1) is 36.2. The van der Waals surface area contributed by atoms with Gasteiger partial charge < -0.3 is 73.8 Å². The van der Waals surface area contributed by atoms with Crippen molar-refractivity contribution < 1.29 is 82.4 Å². The Labute approximate surface area is 440 Å². The Morgan fingerprint density at radius 3 is 1.81 bits per heavy atom. The van der Waals surface area contributed by atoms with E-state index in [1.807, 2.05) is 0 Å². The Bertz CT molecular complexity index is 2680. The topological polar surface area (TPSA) is 437 Å². The van der Waals surface area contributed by atoms with Crippen LogP contribution in [0.3, 0.4) is 0 Å². The molecule has 0 aromatic heterocycles. The van der Waals surface area contributed by atoms with Crippen LogP contribution in [0.2, 0.25) is 0 Å². The number of nitrogen functional groups attached to an aromatic ring is 1. The average Bonchev–Trinajstić information content (AvgIpc) is 3.87. The minimum absolute atomic E-state index is 0.0208. The van der Waals surface area contributed by atoms with Gasteiger partial charge in [0, 0.05) is 36.7 Å². The van der Waals surface area contributed by atoms with E-state index in [-0.39, 0.29) is 46.6 Å². The van der Waals surface area contributed by atoms with E-state index in [1.165, 1.54) is 29.2 Å². The lowest BCUT2D eigenvalue weighted by Crippen LogP contribution is -2.61. The maximum atomic E-state index is 14.1. The number of nitrogens with zero attached hydrogens (tertiary/aromatic N) is 1. The summed E-state index contributed by atoms with van der Waals surface area (Å²) in [5, 5.41) is 49.4. The second kappa shape index (κ2) is 27.6. The van der Waals surface area contributed by atoms with Crippen LogP contribution in [-0.4, -0.2) is 172 Å². The van der Waals surface area contributed by atoms with Crippen LogP contribution < -0.4 is 53.6 Å². The first-order valence-electron chi connectivity index (χ1n) is 24.3. The van der Waals surface area contributed by atoms with Gasteiger partial charge in [-0.05, 0) is 43.2 Å². The standard InChI is InChI=1S/C49H63N11O17/c1-22(2)40(58-45(73)29(14-15-36(66)67)57-46(74)30(17-37(68)69)54-24(5)62)48(76)59-41(23(3)4)49(77)60-16-8-11-32(60)47(75)53-20-35(65)56-31(21-61)44(72)52-18-33(63)51-19-34(64)55-28-13-12-27(50)38-39(28)43(71)26-10-7-6-9-25(26)42(38)70/h6-7,9-10,12-13,22-23,29-32,40-41,61H,8,11,14-21,50H2,1-5H3,(H,51,63)(H,52,72)(H,53,75)(H,54,62)(H,55,64)(H,56,65)(H,57,74)(H,58,73)(H,59,76)(H,66,67)(H,68,69)/t29-,30-,31-,32-,40-,41-/m0/s1. The summed E-state index contributed by atoms with van der Waals surface area (Å²) in [5.74, 6) is -14.0. The summed E-state index contributed by atoms with van der Waals surface area (Å²) in [6.07, 6.45) is -1.52. The minimum Gasteiger partial charge on any atom is -0.481 e. The van der Waals surface area contributed by atoms with E-state index in [1.54, 1.807) is 39.8 Å². The second-order valence-corrected chi connectivity index (χ2v) is 18.7. The molecule has 1 aliphatic heterocycles. The summed E-state index contributed by atoms with van der Waals surface area (Å²) in [7, 11) is 0. The van der Waals surface area contributed by atoms with Crippen LogP contribution in [0.1, 0.15) is 98.6 Å². The lowest BCUT2D eigenvalue weighted by Gasteiger charge is -2.32. The maximum absolute atomic E-state index is 14.1. The van der Waals surface area contributed by atoms with Crippen molar-refractivity contribution in [2.75, 3.05) is 43.8 Å². The highest BCUT2D eigenvalue weighted by molar-refractivity contribution is 6.32. The number of aliphatic hydroxyl groups is 1. The van der Waals surface area contributed by atoms with Gasteiger partial charge in [-0.2, -0.15) is 0 Å². The number of nitrogens with one attached hydrogen (secondary N) is 9. The molecular formula is C49H63N11O17. The summed E-state index contributed by atoms with van der Waals surface area (Å²) in [6, 6.07) is 0.122. The minimum atomic E-state index is -1.63. The van der Waals surface area contributed by atoms with E-state index in [4.69, 9.17) is 5.73 Å². The summed E-state index contributed by atoms with van der Waals surface area (Å²) in [5.41, 5.74) is 6.09. The van der Waals surface area contributed by atoms with Crippen LogP contribution >= 0.6 is 0 Å². The fourth-order valence-corrected chi connectivity index (χ4v) is 8.27. The largest absolute Gasteiger partial charge is 0.481 e. The number of hydrogen-bond acceptors (Lipinski definition) is 16. The number of aliphatic carboxylic acids is 2. The number of carbonyl (C=O) groups excluding carboxylic acids is 12. The number of carboxylic acid groups (broad SMARTS) is 2. The monoisotopic (exact) mass is 1080 g/mol. The van der Waals surface area contributed by atoms with Crippen LogP contribution in [-0.2, 0) is 57.5 Å². The molecule has 6 atom stereocenters. The lowest BCUT2D eigenvalue weighted by atomic mass is 9.82. The van der Waals surface area contributed by atoms with E-state index in [2.05, 4.69) is 47.9 Å². The molecule has 416 valence electrons. The molecule has 1 heterocycles. The molecule has 2 aromatic carbocycles. The van der Waals surface area contributed by atoms with Gasteiger partial charge in [0.1, 0.15) is 36.3 Å². The number of carbonyl (C=O) groups is 14. The molecule has 0 saturated carbocycles. The molecule has 10 amide bonds. The molecule has 1 aliphatic carbocycles. The lowest BCUT2D eigenvalue weighted by molar-refractivity contribution is -0.143. The number of fused-ring (bicyclic) bond motifs is 2. The molecule has 0 spiro atoms. The third-order valence-corrected chi connectivity index (χ3v) is 12.2. The number of anilines is 2. The van der Waals surface area contributed by atoms with Gasteiger partial charge in [0.05, 0.1) is 49.5 Å². The average molecular weight is 1080 g/mol. The van der Waals surface area contributed by atoms with Gasteiger partial charge in [-0.3, -0.25) is 67.1 Å². The molecular weight excluding hydrogens is 1010 g/mol. The van der Waals surface area contributed by atoms with Gasteiger partial charge in [0.15, 0.2) is 11.6 Å². The Balaban J connectivity index is 1.29. The normalized spacial score (nSPS) is 15.5. The van der Waals surface area contributed by atoms with E-state index < -0.39 is 176 Å². The number of carboxylic acids is 2. The van der Waals surface area contributed by atoms with Gasteiger partial charge in [-0.1, -0.05) is 52.0 Å². The summed E-state index contributed by atoms with van der Waals surface area (Å²) in [6.45, 7) is 4.34. The zero-order chi connectivity index (χ0) is 57.4. The molecule has 1 saturated heterocycles. The molecule has 28 heteroatoms. The molecule has 1 fully saturated rings. The number of ketones is 2. The molecule has 4 rings (SSSR count). The molecule has 77 heavy (non-hydrogen) atoms. The molecule has 14 N–H and O–H groups in total. The van der Waals surface area contributed by atoms with Gasteiger partial charge >= 0.3 is 11.9 Å². The summed E-state index contributed by atoms with van der Waals surface area (Å²) in [4.78, 5) is 181. The van der Waals surface area contributed by atoms with E-state index in [0.29, 0.717) is 6.42 Å². The number of nitrogens with two attached hydrogens (primary N) is 1. The predicted molar refractivity (Wildman–Crippen MR) is 268 cm³/mol. The Morgan fingerprint density at radius 2 is 1.22 bits per heavy atom. The second-order valence-electron chi connectivity index (χ2n) is 18.7. The molecule has 0 bridgehead atoms. The fourth-order valence-electron chi connectivity index (χ4n) is 8.27. The summed E-state index contributed by atoms with van der Waals surface area (Å²) < 4.78 is 0. The van der Waals surface area contributed by atoms with Crippen molar-refractivity contribution in [3.63, 3.8) is 0 Å². The van der Waals surface area contributed by atoms with Gasteiger partial charge in [-0.25, -0.2) is 0 Å². The number of benzene rings is 2. The van der Waals surface area contributed by atoms with Crippen molar-refractivity contribution >= 4 is 94.0 Å². The zero-order valence-electron chi connectivity index (χ0n) is 42.7. The quantitative estimate of drug-likeness (QED) is 0.0346. The molecule has 28 nitrogen and oxygen atoms in total. The van der Waals surface area contributed by atoms with Crippen molar-refractivity contribution in [3.8, 4) is 0 Å². The Hall–Kier alpha value is -8.82. The predicted octanol–water partition coefficient (Wildman–Crippen LogP) is -3.59.